The van der Waals surface area contributed by atoms with Gasteiger partial charge in [-0.15, -0.1) is 0 Å². The Balaban J connectivity index is 2.34. The molecule has 0 amide bonds. The van der Waals surface area contributed by atoms with E-state index in [0.29, 0.717) is 30.4 Å². The summed E-state index contributed by atoms with van der Waals surface area (Å²) >= 11 is 6.02. The summed E-state index contributed by atoms with van der Waals surface area (Å²) in [6, 6.07) is -0.460. The fraction of sp³-hybridized carbons (Fsp3) is 0.500. The lowest BCUT2D eigenvalue weighted by molar-refractivity contribution is -0.137. The van der Waals surface area contributed by atoms with Crippen molar-refractivity contribution in [3.8, 4) is 0 Å². The fourth-order valence-corrected chi connectivity index (χ4v) is 6.56. The van der Waals surface area contributed by atoms with Crippen molar-refractivity contribution in [2.24, 2.45) is 11.8 Å². The highest BCUT2D eigenvalue weighted by atomic mass is 35.5. The number of halogens is 5. The standard InChI is InChI=1S/C26H32ClF4NO4S/c1-4-20(27)10-11-21-14-18(9-12-25(33)34)16-32(21)37(35,36)22-8-6-7-19(15-22)23(5-2)24(28)13-17(3)26(29,30)31/h4,6-8,10,13,18-19,21H,1,5,9,11-12,14-16H2,2-3H3,(H,33,34)/b17-13+,20-10+,24-23-. The lowest BCUT2D eigenvalue weighted by atomic mass is 9.89. The molecule has 0 radical (unpaired) electrons. The number of alkyl halides is 3. The molecule has 0 bridgehead atoms. The summed E-state index contributed by atoms with van der Waals surface area (Å²) in [5.74, 6) is -2.88. The molecule has 1 saturated heterocycles. The number of allylic oxidation sites excluding steroid dienone is 10. The van der Waals surface area contributed by atoms with Crippen molar-refractivity contribution in [2.45, 2.75) is 64.6 Å². The first-order valence-corrected chi connectivity index (χ1v) is 13.8. The maximum absolute atomic E-state index is 14.8. The van der Waals surface area contributed by atoms with Crippen molar-refractivity contribution in [3.63, 3.8) is 0 Å². The molecule has 0 spiro atoms. The summed E-state index contributed by atoms with van der Waals surface area (Å²) in [5, 5.41) is 9.40. The second-order valence-electron chi connectivity index (χ2n) is 9.17. The van der Waals surface area contributed by atoms with Crippen LogP contribution in [0.2, 0.25) is 0 Å². The molecule has 5 nitrogen and oxygen atoms in total. The van der Waals surface area contributed by atoms with Crippen molar-refractivity contribution in [3.05, 3.63) is 69.9 Å². The van der Waals surface area contributed by atoms with Crippen molar-refractivity contribution >= 4 is 27.6 Å². The van der Waals surface area contributed by atoms with Gasteiger partial charge in [-0.3, -0.25) is 4.79 Å². The average Bonchev–Trinajstić information content (AvgIpc) is 3.25. The number of nitrogens with zero attached hydrogens (tertiary/aromatic N) is 1. The fourth-order valence-electron chi connectivity index (χ4n) is 4.56. The first-order chi connectivity index (χ1) is 17.2. The van der Waals surface area contributed by atoms with E-state index in [-0.39, 0.29) is 42.2 Å². The normalized spacial score (nSPS) is 24.6. The van der Waals surface area contributed by atoms with Crippen LogP contribution >= 0.6 is 11.6 Å². The van der Waals surface area contributed by atoms with Crippen LogP contribution in [-0.4, -0.2) is 42.6 Å². The number of sulfonamides is 1. The van der Waals surface area contributed by atoms with Gasteiger partial charge in [0, 0.05) is 35.5 Å². The molecule has 1 aliphatic carbocycles. The SMILES string of the molecule is C=C/C(Cl)=C\CC1CC(CCC(=O)O)CN1S(=O)(=O)C1=CC=CC(/C(CC)=C(F)/C=C(\C)C(F)(F)F)C1. The molecule has 1 aliphatic heterocycles. The van der Waals surface area contributed by atoms with E-state index in [1.165, 1.54) is 22.5 Å². The van der Waals surface area contributed by atoms with E-state index in [2.05, 4.69) is 6.58 Å². The molecule has 1 heterocycles. The molecule has 3 atom stereocenters. The van der Waals surface area contributed by atoms with Crippen LogP contribution in [0.15, 0.2) is 69.9 Å². The van der Waals surface area contributed by atoms with Crippen LogP contribution in [0.1, 0.15) is 52.4 Å². The van der Waals surface area contributed by atoms with E-state index < -0.39 is 45.5 Å². The Bertz CT molecular complexity index is 1140. The van der Waals surface area contributed by atoms with E-state index >= 15 is 0 Å². The molecule has 37 heavy (non-hydrogen) atoms. The van der Waals surface area contributed by atoms with E-state index in [1.807, 2.05) is 0 Å². The van der Waals surface area contributed by atoms with Gasteiger partial charge in [0.15, 0.2) is 0 Å². The Morgan fingerprint density at radius 1 is 1.35 bits per heavy atom. The maximum Gasteiger partial charge on any atom is 0.412 e. The topological polar surface area (TPSA) is 74.7 Å². The predicted octanol–water partition coefficient (Wildman–Crippen LogP) is 7.17. The molecular formula is C26H32ClF4NO4S. The van der Waals surface area contributed by atoms with Crippen LogP contribution in [0, 0.1) is 11.8 Å². The minimum absolute atomic E-state index is 0.0259. The maximum atomic E-state index is 14.8. The third-order valence-electron chi connectivity index (χ3n) is 6.61. The van der Waals surface area contributed by atoms with E-state index in [4.69, 9.17) is 16.7 Å². The van der Waals surface area contributed by atoms with Gasteiger partial charge < -0.3 is 5.11 Å². The first-order valence-electron chi connectivity index (χ1n) is 11.9. The summed E-state index contributed by atoms with van der Waals surface area (Å²) in [4.78, 5) is 11.1. The number of aliphatic carboxylic acids is 1. The smallest absolute Gasteiger partial charge is 0.412 e. The predicted molar refractivity (Wildman–Crippen MR) is 137 cm³/mol. The zero-order valence-electron chi connectivity index (χ0n) is 20.8. The molecule has 1 fully saturated rings. The highest BCUT2D eigenvalue weighted by molar-refractivity contribution is 7.93. The summed E-state index contributed by atoms with van der Waals surface area (Å²) < 4.78 is 82.3. The summed E-state index contributed by atoms with van der Waals surface area (Å²) in [7, 11) is -4.03. The number of hydrogen-bond donors (Lipinski definition) is 1. The number of carboxylic acids is 1. The van der Waals surface area contributed by atoms with Gasteiger partial charge in [-0.25, -0.2) is 12.8 Å². The van der Waals surface area contributed by atoms with Gasteiger partial charge in [-0.1, -0.05) is 49.4 Å². The van der Waals surface area contributed by atoms with Crippen molar-refractivity contribution in [1.29, 1.82) is 0 Å². The van der Waals surface area contributed by atoms with Gasteiger partial charge in [0.2, 0.25) is 10.0 Å². The summed E-state index contributed by atoms with van der Waals surface area (Å²) in [6.45, 7) is 6.08. The van der Waals surface area contributed by atoms with Crippen LogP contribution in [-0.2, 0) is 14.8 Å². The van der Waals surface area contributed by atoms with Gasteiger partial charge in [0.25, 0.3) is 0 Å². The molecule has 3 unspecified atom stereocenters. The zero-order valence-corrected chi connectivity index (χ0v) is 22.3. The van der Waals surface area contributed by atoms with Crippen LogP contribution < -0.4 is 0 Å². The zero-order chi connectivity index (χ0) is 28.0. The molecule has 0 saturated carbocycles. The number of carbonyl (C=O) groups is 1. The Labute approximate surface area is 220 Å². The Hall–Kier alpha value is -2.17. The van der Waals surface area contributed by atoms with Crippen molar-refractivity contribution in [1.82, 2.24) is 4.31 Å². The van der Waals surface area contributed by atoms with Gasteiger partial charge in [0.1, 0.15) is 5.83 Å². The Morgan fingerprint density at radius 2 is 2.03 bits per heavy atom. The number of carboxylic acid groups (broad SMARTS) is 1. The largest absolute Gasteiger partial charge is 0.481 e. The Kier molecular flexibility index (Phi) is 11.0. The van der Waals surface area contributed by atoms with E-state index in [9.17, 15) is 30.8 Å². The minimum atomic E-state index is -4.67. The van der Waals surface area contributed by atoms with Crippen LogP contribution in [0.4, 0.5) is 17.6 Å². The lowest BCUT2D eigenvalue weighted by Crippen LogP contribution is -2.37. The van der Waals surface area contributed by atoms with Crippen molar-refractivity contribution < 1.29 is 35.9 Å². The average molecular weight is 566 g/mol. The van der Waals surface area contributed by atoms with Gasteiger partial charge in [-0.05, 0) is 62.7 Å². The second-order valence-corrected chi connectivity index (χ2v) is 11.6. The highest BCUT2D eigenvalue weighted by Crippen LogP contribution is 2.39. The minimum Gasteiger partial charge on any atom is -0.481 e. The van der Waals surface area contributed by atoms with Gasteiger partial charge in [0.05, 0.1) is 4.91 Å². The summed E-state index contributed by atoms with van der Waals surface area (Å²) in [5.41, 5.74) is -1.00. The molecule has 206 valence electrons. The van der Waals surface area contributed by atoms with Gasteiger partial charge >= 0.3 is 12.1 Å². The first kappa shape index (κ1) is 31.1. The van der Waals surface area contributed by atoms with Crippen LogP contribution in [0.3, 0.4) is 0 Å². The highest BCUT2D eigenvalue weighted by Gasteiger charge is 2.41. The molecular weight excluding hydrogens is 534 g/mol. The lowest BCUT2D eigenvalue weighted by Gasteiger charge is -2.28. The number of hydrogen-bond acceptors (Lipinski definition) is 3. The molecule has 0 aromatic rings. The monoisotopic (exact) mass is 565 g/mol. The molecule has 0 aromatic carbocycles. The van der Waals surface area contributed by atoms with E-state index in [0.717, 1.165) is 6.92 Å². The van der Waals surface area contributed by atoms with Gasteiger partial charge in [-0.2, -0.15) is 17.5 Å². The third-order valence-corrected chi connectivity index (χ3v) is 8.95. The number of rotatable bonds is 11. The van der Waals surface area contributed by atoms with Crippen molar-refractivity contribution in [2.75, 3.05) is 6.54 Å². The second kappa shape index (κ2) is 13.1. The summed E-state index contributed by atoms with van der Waals surface area (Å²) in [6.07, 6.45) is 4.32. The van der Waals surface area contributed by atoms with Crippen LogP contribution in [0.5, 0.6) is 0 Å². The molecule has 1 N–H and O–H groups in total. The molecule has 0 aromatic heterocycles. The molecule has 11 heteroatoms. The third kappa shape index (κ3) is 8.41. The van der Waals surface area contributed by atoms with Crippen LogP contribution in [0.25, 0.3) is 0 Å². The van der Waals surface area contributed by atoms with E-state index in [1.54, 1.807) is 19.1 Å². The molecule has 2 aliphatic rings. The Morgan fingerprint density at radius 3 is 2.59 bits per heavy atom. The molecule has 2 rings (SSSR count). The quantitative estimate of drug-likeness (QED) is 0.213.